The number of rotatable bonds is 7. The summed E-state index contributed by atoms with van der Waals surface area (Å²) < 4.78 is 16.1. The largest absolute Gasteiger partial charge is 0.497 e. The number of carbonyl (C=O) groups is 1. The van der Waals surface area contributed by atoms with E-state index in [0.717, 1.165) is 28.4 Å². The summed E-state index contributed by atoms with van der Waals surface area (Å²) >= 11 is 5.94. The van der Waals surface area contributed by atoms with Crippen molar-refractivity contribution in [1.29, 1.82) is 0 Å². The van der Waals surface area contributed by atoms with Crippen molar-refractivity contribution >= 4 is 17.5 Å². The van der Waals surface area contributed by atoms with E-state index < -0.39 is 0 Å². The van der Waals surface area contributed by atoms with Gasteiger partial charge < -0.3 is 19.5 Å². The molecule has 1 amide bonds. The Morgan fingerprint density at radius 1 is 0.967 bits per heavy atom. The summed E-state index contributed by atoms with van der Waals surface area (Å²) in [6.45, 7) is 0.237. The molecular weight excluding hydrogens is 402 g/mol. The smallest absolute Gasteiger partial charge is 0.251 e. The first kappa shape index (κ1) is 20.1. The average Bonchev–Trinajstić information content (AvgIpc) is 3.22. The topological polar surface area (TPSA) is 56.8 Å². The van der Waals surface area contributed by atoms with Gasteiger partial charge in [-0.05, 0) is 72.5 Å². The molecule has 4 rings (SSSR count). The molecule has 0 spiro atoms. The maximum atomic E-state index is 12.8. The fourth-order valence-corrected chi connectivity index (χ4v) is 3.57. The Morgan fingerprint density at radius 3 is 2.37 bits per heavy atom. The second-order valence-corrected chi connectivity index (χ2v) is 7.56. The number of methoxy groups -OCH3 is 1. The number of fused-ring (bicyclic) bond motifs is 1. The Hall–Kier alpha value is -3.18. The molecule has 5 nitrogen and oxygen atoms in total. The molecule has 0 aliphatic carbocycles. The lowest BCUT2D eigenvalue weighted by Crippen LogP contribution is -2.38. The number of nitrogens with one attached hydrogen (secondary N) is 1. The lowest BCUT2D eigenvalue weighted by atomic mass is 9.98. The van der Waals surface area contributed by atoms with E-state index in [-0.39, 0.29) is 18.7 Å². The molecule has 154 valence electrons. The van der Waals surface area contributed by atoms with Gasteiger partial charge in [0.2, 0.25) is 6.79 Å². The standard InChI is InChI=1S/C24H22ClNO4/c1-28-21-9-2-16(3-10-21)12-20(26-24(27)18-5-7-19(25)8-6-18)13-17-4-11-22-23(14-17)30-15-29-22/h2-11,14,20H,12-13,15H2,1H3,(H,26,27)/t20-/m0/s1. The molecule has 0 radical (unpaired) electrons. The third-order valence-electron chi connectivity index (χ3n) is 5.00. The Morgan fingerprint density at radius 2 is 1.63 bits per heavy atom. The van der Waals surface area contributed by atoms with Crippen LogP contribution in [0.1, 0.15) is 21.5 Å². The average molecular weight is 424 g/mol. The first-order valence-electron chi connectivity index (χ1n) is 9.68. The fourth-order valence-electron chi connectivity index (χ4n) is 3.44. The molecule has 3 aromatic rings. The fraction of sp³-hybridized carbons (Fsp3) is 0.208. The molecule has 1 N–H and O–H groups in total. The maximum Gasteiger partial charge on any atom is 0.251 e. The van der Waals surface area contributed by atoms with Gasteiger partial charge in [0.15, 0.2) is 11.5 Å². The summed E-state index contributed by atoms with van der Waals surface area (Å²) in [4.78, 5) is 12.8. The predicted molar refractivity (Wildman–Crippen MR) is 116 cm³/mol. The summed E-state index contributed by atoms with van der Waals surface area (Å²) in [5, 5.41) is 3.76. The van der Waals surface area contributed by atoms with Crippen molar-refractivity contribution in [3.05, 3.63) is 88.4 Å². The summed E-state index contributed by atoms with van der Waals surface area (Å²) in [7, 11) is 1.64. The van der Waals surface area contributed by atoms with Gasteiger partial charge in [-0.2, -0.15) is 0 Å². The van der Waals surface area contributed by atoms with Crippen LogP contribution in [0.2, 0.25) is 5.02 Å². The number of benzene rings is 3. The molecule has 3 aromatic carbocycles. The molecule has 0 aromatic heterocycles. The highest BCUT2D eigenvalue weighted by molar-refractivity contribution is 6.30. The Bertz CT molecular complexity index is 1020. The third kappa shape index (κ3) is 4.86. The Kier molecular flexibility index (Phi) is 6.10. The summed E-state index contributed by atoms with van der Waals surface area (Å²) in [6.07, 6.45) is 1.33. The van der Waals surface area contributed by atoms with Gasteiger partial charge in [0.25, 0.3) is 5.91 Å². The highest BCUT2D eigenvalue weighted by atomic mass is 35.5. The maximum absolute atomic E-state index is 12.8. The van der Waals surface area contributed by atoms with E-state index >= 15 is 0 Å². The van der Waals surface area contributed by atoms with Crippen LogP contribution in [0.5, 0.6) is 17.2 Å². The molecule has 1 aliphatic rings. The second kappa shape index (κ2) is 9.09. The van der Waals surface area contributed by atoms with Crippen molar-refractivity contribution < 1.29 is 19.0 Å². The molecular formula is C24H22ClNO4. The highest BCUT2D eigenvalue weighted by Gasteiger charge is 2.18. The number of hydrogen-bond acceptors (Lipinski definition) is 4. The molecule has 1 heterocycles. The predicted octanol–water partition coefficient (Wildman–Crippen LogP) is 4.66. The van der Waals surface area contributed by atoms with Crippen molar-refractivity contribution in [3.63, 3.8) is 0 Å². The van der Waals surface area contributed by atoms with Gasteiger partial charge >= 0.3 is 0 Å². The minimum Gasteiger partial charge on any atom is -0.497 e. The van der Waals surface area contributed by atoms with Crippen LogP contribution in [0, 0.1) is 0 Å². The van der Waals surface area contributed by atoms with E-state index in [1.54, 1.807) is 31.4 Å². The van der Waals surface area contributed by atoms with Crippen LogP contribution in [0.25, 0.3) is 0 Å². The van der Waals surface area contributed by atoms with Gasteiger partial charge in [0.1, 0.15) is 5.75 Å². The first-order chi connectivity index (χ1) is 14.6. The van der Waals surface area contributed by atoms with Gasteiger partial charge in [-0.25, -0.2) is 0 Å². The lowest BCUT2D eigenvalue weighted by molar-refractivity contribution is 0.0936. The van der Waals surface area contributed by atoms with Crippen molar-refractivity contribution in [3.8, 4) is 17.2 Å². The molecule has 0 unspecified atom stereocenters. The van der Waals surface area contributed by atoms with Gasteiger partial charge in [-0.15, -0.1) is 0 Å². The SMILES string of the molecule is COc1ccc(C[C@@H](Cc2ccc3c(c2)OCO3)NC(=O)c2ccc(Cl)cc2)cc1. The lowest BCUT2D eigenvalue weighted by Gasteiger charge is -2.20. The molecule has 0 fully saturated rings. The number of carbonyl (C=O) groups excluding carboxylic acids is 1. The van der Waals surface area contributed by atoms with Gasteiger partial charge in [-0.1, -0.05) is 29.8 Å². The van der Waals surface area contributed by atoms with Gasteiger partial charge in [-0.3, -0.25) is 4.79 Å². The molecule has 0 saturated heterocycles. The first-order valence-corrected chi connectivity index (χ1v) is 10.1. The van der Waals surface area contributed by atoms with Crippen LogP contribution >= 0.6 is 11.6 Å². The van der Waals surface area contributed by atoms with E-state index in [1.165, 1.54) is 0 Å². The molecule has 30 heavy (non-hydrogen) atoms. The van der Waals surface area contributed by atoms with Crippen molar-refractivity contribution in [2.45, 2.75) is 18.9 Å². The molecule has 6 heteroatoms. The van der Waals surface area contributed by atoms with Crippen LogP contribution in [0.3, 0.4) is 0 Å². The van der Waals surface area contributed by atoms with E-state index in [1.807, 2.05) is 42.5 Å². The number of hydrogen-bond donors (Lipinski definition) is 1. The number of ether oxygens (including phenoxy) is 3. The Balaban J connectivity index is 1.53. The molecule has 1 aliphatic heterocycles. The number of amides is 1. The van der Waals surface area contributed by atoms with E-state index in [9.17, 15) is 4.79 Å². The molecule has 0 bridgehead atoms. The summed E-state index contributed by atoms with van der Waals surface area (Å²) in [6, 6.07) is 20.5. The summed E-state index contributed by atoms with van der Waals surface area (Å²) in [5.74, 6) is 2.15. The third-order valence-corrected chi connectivity index (χ3v) is 5.25. The highest BCUT2D eigenvalue weighted by Crippen LogP contribution is 2.33. The molecule has 1 atom stereocenters. The monoisotopic (exact) mass is 423 g/mol. The van der Waals surface area contributed by atoms with E-state index in [4.69, 9.17) is 25.8 Å². The van der Waals surface area contributed by atoms with Crippen molar-refractivity contribution in [2.75, 3.05) is 13.9 Å². The minimum absolute atomic E-state index is 0.109. The van der Waals surface area contributed by atoms with Crippen LogP contribution < -0.4 is 19.5 Å². The van der Waals surface area contributed by atoms with Crippen LogP contribution in [0.15, 0.2) is 66.7 Å². The second-order valence-electron chi connectivity index (χ2n) is 7.12. The van der Waals surface area contributed by atoms with E-state index in [0.29, 0.717) is 23.4 Å². The van der Waals surface area contributed by atoms with E-state index in [2.05, 4.69) is 5.32 Å². The normalized spacial score (nSPS) is 13.0. The van der Waals surface area contributed by atoms with Crippen LogP contribution in [-0.4, -0.2) is 25.9 Å². The molecule has 0 saturated carbocycles. The summed E-state index contributed by atoms with van der Waals surface area (Å²) in [5.41, 5.74) is 2.75. The Labute approximate surface area is 180 Å². The van der Waals surface area contributed by atoms with Crippen LogP contribution in [0.4, 0.5) is 0 Å². The zero-order chi connectivity index (χ0) is 20.9. The van der Waals surface area contributed by atoms with Gasteiger partial charge in [0.05, 0.1) is 7.11 Å². The minimum atomic E-state index is -0.133. The quantitative estimate of drug-likeness (QED) is 0.600. The van der Waals surface area contributed by atoms with Gasteiger partial charge in [0, 0.05) is 16.6 Å². The van der Waals surface area contributed by atoms with Crippen molar-refractivity contribution in [2.24, 2.45) is 0 Å². The zero-order valence-corrected chi connectivity index (χ0v) is 17.3. The number of halogens is 1. The zero-order valence-electron chi connectivity index (χ0n) is 16.6. The van der Waals surface area contributed by atoms with Crippen LogP contribution in [-0.2, 0) is 12.8 Å². The van der Waals surface area contributed by atoms with Crippen molar-refractivity contribution in [1.82, 2.24) is 5.32 Å².